The quantitative estimate of drug-likeness (QED) is 0.366. The maximum Gasteiger partial charge on any atom is 0.195 e. The van der Waals surface area contributed by atoms with E-state index in [2.05, 4.69) is 29.5 Å². The van der Waals surface area contributed by atoms with Crippen LogP contribution in [0.15, 0.2) is 23.2 Å². The summed E-state index contributed by atoms with van der Waals surface area (Å²) >= 11 is 0. The summed E-state index contributed by atoms with van der Waals surface area (Å²) in [6.07, 6.45) is 2.33. The van der Waals surface area contributed by atoms with Gasteiger partial charge in [0.25, 0.3) is 0 Å². The molecule has 0 aliphatic rings. The minimum absolute atomic E-state index is 0. The van der Waals surface area contributed by atoms with Crippen LogP contribution < -0.4 is 20.1 Å². The van der Waals surface area contributed by atoms with Crippen molar-refractivity contribution >= 4 is 35.6 Å². The lowest BCUT2D eigenvalue weighted by atomic mass is 10.0. The number of anilines is 1. The van der Waals surface area contributed by atoms with E-state index in [1.807, 2.05) is 25.1 Å². The summed E-state index contributed by atoms with van der Waals surface area (Å²) in [6.45, 7) is 7.89. The lowest BCUT2D eigenvalue weighted by molar-refractivity contribution is 0.311. The Balaban J connectivity index is 0.00000484. The molecule has 0 unspecified atom stereocenters. The molecule has 0 atom stereocenters. The molecule has 23 heavy (non-hydrogen) atoms. The summed E-state index contributed by atoms with van der Waals surface area (Å²) in [7, 11) is 3.41. The molecule has 0 aliphatic heterocycles. The molecule has 0 saturated heterocycles. The average molecular weight is 435 g/mol. The number of aliphatic imine (C=N–C) groups is 1. The van der Waals surface area contributed by atoms with E-state index in [4.69, 9.17) is 9.47 Å². The molecule has 132 valence electrons. The van der Waals surface area contributed by atoms with Gasteiger partial charge in [-0.1, -0.05) is 26.7 Å². The SMILES string of the molecule is CCOc1cc(NC(=NC)NCC(CC)CC)ccc1OC.I. The number of hydrogen-bond donors (Lipinski definition) is 2. The lowest BCUT2D eigenvalue weighted by Crippen LogP contribution is -2.34. The minimum atomic E-state index is 0. The van der Waals surface area contributed by atoms with E-state index in [1.54, 1.807) is 14.2 Å². The monoisotopic (exact) mass is 435 g/mol. The van der Waals surface area contributed by atoms with E-state index in [1.165, 1.54) is 0 Å². The Hall–Kier alpha value is -1.18. The highest BCUT2D eigenvalue weighted by Crippen LogP contribution is 2.30. The molecule has 0 aromatic heterocycles. The first-order valence-corrected chi connectivity index (χ1v) is 7.96. The Bertz CT molecular complexity index is 477. The van der Waals surface area contributed by atoms with E-state index < -0.39 is 0 Å². The van der Waals surface area contributed by atoms with Crippen molar-refractivity contribution in [3.63, 3.8) is 0 Å². The van der Waals surface area contributed by atoms with Crippen LogP contribution in [-0.2, 0) is 0 Å². The average Bonchev–Trinajstić information content (AvgIpc) is 2.55. The fourth-order valence-electron chi connectivity index (χ4n) is 2.16. The Morgan fingerprint density at radius 1 is 1.17 bits per heavy atom. The standard InChI is InChI=1S/C17H29N3O2.HI/c1-6-13(7-2)12-19-17(18-4)20-14-9-10-15(21-5)16(11-14)22-8-3;/h9-11,13H,6-8,12H2,1-5H3,(H2,18,19,20);1H. The summed E-state index contributed by atoms with van der Waals surface area (Å²) in [5.74, 6) is 2.88. The molecule has 0 amide bonds. The molecular weight excluding hydrogens is 405 g/mol. The van der Waals surface area contributed by atoms with Gasteiger partial charge < -0.3 is 20.1 Å². The Labute approximate surface area is 157 Å². The van der Waals surface area contributed by atoms with Gasteiger partial charge in [-0.3, -0.25) is 4.99 Å². The van der Waals surface area contributed by atoms with Crippen LogP contribution in [0.25, 0.3) is 0 Å². The maximum absolute atomic E-state index is 5.59. The topological polar surface area (TPSA) is 54.9 Å². The van der Waals surface area contributed by atoms with Crippen LogP contribution in [-0.4, -0.2) is 33.3 Å². The normalized spacial score (nSPS) is 11.0. The van der Waals surface area contributed by atoms with E-state index in [-0.39, 0.29) is 24.0 Å². The summed E-state index contributed by atoms with van der Waals surface area (Å²) in [4.78, 5) is 4.26. The predicted octanol–water partition coefficient (Wildman–Crippen LogP) is 4.14. The molecule has 1 aromatic rings. The zero-order valence-electron chi connectivity index (χ0n) is 14.8. The van der Waals surface area contributed by atoms with Gasteiger partial charge in [0.1, 0.15) is 0 Å². The van der Waals surface area contributed by atoms with Gasteiger partial charge in [-0.15, -0.1) is 24.0 Å². The molecule has 0 aliphatic carbocycles. The lowest BCUT2D eigenvalue weighted by Gasteiger charge is -2.17. The third-order valence-corrected chi connectivity index (χ3v) is 3.66. The van der Waals surface area contributed by atoms with Gasteiger partial charge in [0.05, 0.1) is 13.7 Å². The predicted molar refractivity (Wildman–Crippen MR) is 109 cm³/mol. The van der Waals surface area contributed by atoms with Crippen molar-refractivity contribution in [1.29, 1.82) is 0 Å². The largest absolute Gasteiger partial charge is 0.493 e. The second-order valence-corrected chi connectivity index (χ2v) is 5.06. The molecule has 0 bridgehead atoms. The minimum Gasteiger partial charge on any atom is -0.493 e. The molecular formula is C17H30IN3O2. The first-order chi connectivity index (χ1) is 10.7. The zero-order chi connectivity index (χ0) is 16.4. The van der Waals surface area contributed by atoms with Crippen molar-refractivity contribution < 1.29 is 9.47 Å². The molecule has 1 aromatic carbocycles. The Morgan fingerprint density at radius 3 is 2.39 bits per heavy atom. The van der Waals surface area contributed by atoms with Gasteiger partial charge in [-0.05, 0) is 25.0 Å². The molecule has 5 nitrogen and oxygen atoms in total. The number of guanidine groups is 1. The highest BCUT2D eigenvalue weighted by molar-refractivity contribution is 14.0. The van der Waals surface area contributed by atoms with Crippen LogP contribution in [0.3, 0.4) is 0 Å². The molecule has 6 heteroatoms. The molecule has 0 saturated carbocycles. The van der Waals surface area contributed by atoms with Gasteiger partial charge in [0.2, 0.25) is 0 Å². The second-order valence-electron chi connectivity index (χ2n) is 5.06. The first-order valence-electron chi connectivity index (χ1n) is 7.96. The number of rotatable bonds is 8. The third-order valence-electron chi connectivity index (χ3n) is 3.66. The van der Waals surface area contributed by atoms with Gasteiger partial charge in [-0.25, -0.2) is 0 Å². The smallest absolute Gasteiger partial charge is 0.195 e. The van der Waals surface area contributed by atoms with E-state index >= 15 is 0 Å². The third kappa shape index (κ3) is 7.28. The van der Waals surface area contributed by atoms with E-state index in [0.29, 0.717) is 12.5 Å². The Kier molecular flexibility index (Phi) is 11.6. The van der Waals surface area contributed by atoms with E-state index in [0.717, 1.165) is 42.5 Å². The van der Waals surface area contributed by atoms with Gasteiger partial charge >= 0.3 is 0 Å². The van der Waals surface area contributed by atoms with Crippen LogP contribution in [0, 0.1) is 5.92 Å². The van der Waals surface area contributed by atoms with Crippen LogP contribution >= 0.6 is 24.0 Å². The van der Waals surface area contributed by atoms with Gasteiger partial charge in [0.15, 0.2) is 17.5 Å². The fraction of sp³-hybridized carbons (Fsp3) is 0.588. The first kappa shape index (κ1) is 21.8. The summed E-state index contributed by atoms with van der Waals surface area (Å²) < 4.78 is 10.9. The number of halogens is 1. The summed E-state index contributed by atoms with van der Waals surface area (Å²) in [6, 6.07) is 5.76. The van der Waals surface area contributed by atoms with Crippen LogP contribution in [0.4, 0.5) is 5.69 Å². The van der Waals surface area contributed by atoms with Crippen LogP contribution in [0.1, 0.15) is 33.6 Å². The number of nitrogens with one attached hydrogen (secondary N) is 2. The number of nitrogens with zero attached hydrogens (tertiary/aromatic N) is 1. The highest BCUT2D eigenvalue weighted by Gasteiger charge is 2.08. The maximum atomic E-state index is 5.59. The molecule has 2 N–H and O–H groups in total. The van der Waals surface area contributed by atoms with Crippen molar-refractivity contribution in [3.8, 4) is 11.5 Å². The summed E-state index contributed by atoms with van der Waals surface area (Å²) in [5.41, 5.74) is 0.918. The molecule has 0 radical (unpaired) electrons. The van der Waals surface area contributed by atoms with Crippen molar-refractivity contribution in [1.82, 2.24) is 5.32 Å². The number of methoxy groups -OCH3 is 1. The molecule has 1 rings (SSSR count). The van der Waals surface area contributed by atoms with Gasteiger partial charge in [-0.2, -0.15) is 0 Å². The zero-order valence-corrected chi connectivity index (χ0v) is 17.1. The number of benzene rings is 1. The molecule has 0 spiro atoms. The van der Waals surface area contributed by atoms with Crippen molar-refractivity contribution in [2.24, 2.45) is 10.9 Å². The molecule has 0 heterocycles. The molecule has 0 fully saturated rings. The number of ether oxygens (including phenoxy) is 2. The fourth-order valence-corrected chi connectivity index (χ4v) is 2.16. The van der Waals surface area contributed by atoms with Crippen molar-refractivity contribution in [2.45, 2.75) is 33.6 Å². The summed E-state index contributed by atoms with van der Waals surface area (Å²) in [5, 5.41) is 6.65. The van der Waals surface area contributed by atoms with Crippen LogP contribution in [0.2, 0.25) is 0 Å². The number of hydrogen-bond acceptors (Lipinski definition) is 3. The van der Waals surface area contributed by atoms with Crippen molar-refractivity contribution in [3.05, 3.63) is 18.2 Å². The van der Waals surface area contributed by atoms with Gasteiger partial charge in [0, 0.05) is 25.3 Å². The van der Waals surface area contributed by atoms with Crippen LogP contribution in [0.5, 0.6) is 11.5 Å². The second kappa shape index (κ2) is 12.3. The van der Waals surface area contributed by atoms with Crippen molar-refractivity contribution in [2.75, 3.05) is 32.6 Å². The highest BCUT2D eigenvalue weighted by atomic mass is 127. The van der Waals surface area contributed by atoms with E-state index in [9.17, 15) is 0 Å². The Morgan fingerprint density at radius 2 is 1.87 bits per heavy atom.